The van der Waals surface area contributed by atoms with E-state index in [1.165, 1.54) is 6.92 Å². The fourth-order valence-corrected chi connectivity index (χ4v) is 1.50. The van der Waals surface area contributed by atoms with Crippen molar-refractivity contribution in [2.75, 3.05) is 11.9 Å². The first-order valence-electron chi connectivity index (χ1n) is 4.33. The molecule has 0 saturated heterocycles. The van der Waals surface area contributed by atoms with Gasteiger partial charge in [0.15, 0.2) is 0 Å². The minimum absolute atomic E-state index is 0.0881. The highest BCUT2D eigenvalue weighted by molar-refractivity contribution is 9.10. The summed E-state index contributed by atoms with van der Waals surface area (Å²) in [5.41, 5.74) is 0.751. The molecule has 1 aromatic carbocycles. The molecule has 1 N–H and O–H groups in total. The summed E-state index contributed by atoms with van der Waals surface area (Å²) >= 11 is 3.35. The molecule has 1 aromatic rings. The van der Waals surface area contributed by atoms with Crippen LogP contribution in [0.15, 0.2) is 22.7 Å². The molecule has 1 rings (SSSR count). The lowest BCUT2D eigenvalue weighted by atomic mass is 10.3. The number of hydrogen-bond donors (Lipinski definition) is 1. The summed E-state index contributed by atoms with van der Waals surface area (Å²) in [6.07, 6.45) is 0. The molecule has 0 atom stereocenters. The number of anilines is 1. The van der Waals surface area contributed by atoms with E-state index in [1.54, 1.807) is 6.07 Å². The Bertz CT molecular complexity index is 339. The summed E-state index contributed by atoms with van der Waals surface area (Å²) in [4.78, 5) is 10.8. The number of rotatable bonds is 3. The molecule has 0 aliphatic carbocycles. The van der Waals surface area contributed by atoms with Gasteiger partial charge in [-0.25, -0.2) is 0 Å². The number of nitrogens with one attached hydrogen (secondary N) is 1. The molecular weight excluding hydrogens is 246 g/mol. The van der Waals surface area contributed by atoms with Gasteiger partial charge in [-0.3, -0.25) is 4.79 Å². The molecule has 0 radical (unpaired) electrons. The van der Waals surface area contributed by atoms with Gasteiger partial charge in [-0.15, -0.1) is 0 Å². The number of amides is 1. The normalized spacial score (nSPS) is 9.64. The van der Waals surface area contributed by atoms with Crippen LogP contribution in [0, 0.1) is 0 Å². The van der Waals surface area contributed by atoms with Crippen LogP contribution >= 0.6 is 15.9 Å². The zero-order valence-corrected chi connectivity index (χ0v) is 9.72. The van der Waals surface area contributed by atoms with E-state index in [-0.39, 0.29) is 5.91 Å². The van der Waals surface area contributed by atoms with Crippen molar-refractivity contribution < 1.29 is 9.53 Å². The van der Waals surface area contributed by atoms with Crippen molar-refractivity contribution in [1.82, 2.24) is 0 Å². The van der Waals surface area contributed by atoms with Gasteiger partial charge in [-0.1, -0.05) is 0 Å². The molecule has 0 aliphatic rings. The minimum Gasteiger partial charge on any atom is -0.494 e. The second-order valence-corrected chi connectivity index (χ2v) is 3.61. The second kappa shape index (κ2) is 5.00. The summed E-state index contributed by atoms with van der Waals surface area (Å²) in [6, 6.07) is 5.45. The Balaban J connectivity index is 2.84. The maximum atomic E-state index is 10.8. The van der Waals surface area contributed by atoms with Crippen molar-refractivity contribution in [3.63, 3.8) is 0 Å². The molecule has 0 aliphatic heterocycles. The summed E-state index contributed by atoms with van der Waals surface area (Å²) in [5.74, 6) is 0.698. The average Bonchev–Trinajstić information content (AvgIpc) is 2.10. The largest absolute Gasteiger partial charge is 0.494 e. The van der Waals surface area contributed by atoms with Crippen LogP contribution in [0.3, 0.4) is 0 Å². The molecule has 14 heavy (non-hydrogen) atoms. The molecule has 76 valence electrons. The minimum atomic E-state index is -0.0881. The van der Waals surface area contributed by atoms with Crippen LogP contribution in [0.2, 0.25) is 0 Å². The molecule has 0 fully saturated rings. The van der Waals surface area contributed by atoms with Crippen molar-refractivity contribution in [3.05, 3.63) is 22.7 Å². The monoisotopic (exact) mass is 257 g/mol. The summed E-state index contributed by atoms with van der Waals surface area (Å²) in [7, 11) is 0. The van der Waals surface area contributed by atoms with Gasteiger partial charge in [0.25, 0.3) is 0 Å². The third-order valence-electron chi connectivity index (χ3n) is 1.56. The molecule has 0 aromatic heterocycles. The van der Waals surface area contributed by atoms with Crippen molar-refractivity contribution in [2.24, 2.45) is 0 Å². The van der Waals surface area contributed by atoms with E-state index < -0.39 is 0 Å². The quantitative estimate of drug-likeness (QED) is 0.905. The van der Waals surface area contributed by atoms with Crippen molar-refractivity contribution in [1.29, 1.82) is 0 Å². The maximum absolute atomic E-state index is 10.8. The highest BCUT2D eigenvalue weighted by atomic mass is 79.9. The van der Waals surface area contributed by atoms with Gasteiger partial charge < -0.3 is 10.1 Å². The molecule has 0 unspecified atom stereocenters. The first kappa shape index (κ1) is 11.0. The first-order valence-corrected chi connectivity index (χ1v) is 5.12. The smallest absolute Gasteiger partial charge is 0.221 e. The Labute approximate surface area is 91.6 Å². The molecule has 0 bridgehead atoms. The van der Waals surface area contributed by atoms with Crippen LogP contribution in [-0.4, -0.2) is 12.5 Å². The van der Waals surface area contributed by atoms with Crippen molar-refractivity contribution in [2.45, 2.75) is 13.8 Å². The van der Waals surface area contributed by atoms with E-state index in [4.69, 9.17) is 4.74 Å². The van der Waals surface area contributed by atoms with Gasteiger partial charge in [-0.05, 0) is 41.1 Å². The molecule has 4 heteroatoms. The Morgan fingerprint density at radius 1 is 1.57 bits per heavy atom. The van der Waals surface area contributed by atoms with Gasteiger partial charge in [-0.2, -0.15) is 0 Å². The first-order chi connectivity index (χ1) is 6.63. The third kappa shape index (κ3) is 3.03. The van der Waals surface area contributed by atoms with Gasteiger partial charge in [0.2, 0.25) is 5.91 Å². The molecule has 0 spiro atoms. The van der Waals surface area contributed by atoms with Gasteiger partial charge in [0, 0.05) is 11.4 Å². The molecule has 0 heterocycles. The van der Waals surface area contributed by atoms with E-state index in [1.807, 2.05) is 19.1 Å². The van der Waals surface area contributed by atoms with Gasteiger partial charge in [0.1, 0.15) is 5.75 Å². The Morgan fingerprint density at radius 3 is 2.79 bits per heavy atom. The third-order valence-corrected chi connectivity index (χ3v) is 2.22. The second-order valence-electron chi connectivity index (χ2n) is 2.76. The zero-order valence-electron chi connectivity index (χ0n) is 8.13. The number of benzene rings is 1. The topological polar surface area (TPSA) is 38.3 Å². The Kier molecular flexibility index (Phi) is 3.95. The van der Waals surface area contributed by atoms with E-state index in [0.29, 0.717) is 6.61 Å². The summed E-state index contributed by atoms with van der Waals surface area (Å²) in [6.45, 7) is 4.03. The lowest BCUT2D eigenvalue weighted by molar-refractivity contribution is -0.114. The van der Waals surface area contributed by atoms with Crippen molar-refractivity contribution in [3.8, 4) is 5.75 Å². The average molecular weight is 258 g/mol. The Hall–Kier alpha value is -1.03. The lowest BCUT2D eigenvalue weighted by Crippen LogP contribution is -2.06. The van der Waals surface area contributed by atoms with Crippen LogP contribution in [0.5, 0.6) is 5.75 Å². The number of carbonyl (C=O) groups is 1. The van der Waals surface area contributed by atoms with E-state index >= 15 is 0 Å². The Morgan fingerprint density at radius 2 is 2.29 bits per heavy atom. The lowest BCUT2D eigenvalue weighted by Gasteiger charge is -2.07. The van der Waals surface area contributed by atoms with Crippen LogP contribution in [0.1, 0.15) is 13.8 Å². The number of carbonyl (C=O) groups excluding carboxylic acids is 1. The van der Waals surface area contributed by atoms with Gasteiger partial charge in [0.05, 0.1) is 12.3 Å². The number of halogens is 1. The molecule has 3 nitrogen and oxygen atoms in total. The van der Waals surface area contributed by atoms with Crippen LogP contribution in [-0.2, 0) is 4.79 Å². The zero-order chi connectivity index (χ0) is 10.6. The fourth-order valence-electron chi connectivity index (χ4n) is 1.04. The van der Waals surface area contributed by atoms with Crippen molar-refractivity contribution >= 4 is 27.5 Å². The van der Waals surface area contributed by atoms with Crippen LogP contribution < -0.4 is 10.1 Å². The summed E-state index contributed by atoms with van der Waals surface area (Å²) in [5, 5.41) is 2.70. The predicted octanol–water partition coefficient (Wildman–Crippen LogP) is 2.81. The van der Waals surface area contributed by atoms with E-state index in [9.17, 15) is 4.79 Å². The highest BCUT2D eigenvalue weighted by Crippen LogP contribution is 2.27. The molecular formula is C10H12BrNO2. The molecule has 0 saturated carbocycles. The summed E-state index contributed by atoms with van der Waals surface area (Å²) < 4.78 is 6.12. The fraction of sp³-hybridized carbons (Fsp3) is 0.300. The van der Waals surface area contributed by atoms with E-state index in [2.05, 4.69) is 21.2 Å². The van der Waals surface area contributed by atoms with Crippen LogP contribution in [0.25, 0.3) is 0 Å². The number of hydrogen-bond acceptors (Lipinski definition) is 2. The standard InChI is InChI=1S/C10H12BrNO2/c1-3-14-8-4-5-10(9(11)6-8)12-7(2)13/h4-6H,3H2,1-2H3,(H,12,13). The number of ether oxygens (including phenoxy) is 1. The van der Waals surface area contributed by atoms with Crippen LogP contribution in [0.4, 0.5) is 5.69 Å². The van der Waals surface area contributed by atoms with E-state index in [0.717, 1.165) is 15.9 Å². The predicted molar refractivity (Wildman–Crippen MR) is 59.6 cm³/mol. The van der Waals surface area contributed by atoms with Gasteiger partial charge >= 0.3 is 0 Å². The maximum Gasteiger partial charge on any atom is 0.221 e. The SMILES string of the molecule is CCOc1ccc(NC(C)=O)c(Br)c1. The highest BCUT2D eigenvalue weighted by Gasteiger charge is 2.02. The molecule has 1 amide bonds.